The minimum absolute atomic E-state index is 0.398. The SMILES string of the molecule is Nc1ccc(F)cc1SC=CC(=O)O. The summed E-state index contributed by atoms with van der Waals surface area (Å²) in [6, 6.07) is 3.94. The molecule has 0 spiro atoms. The van der Waals surface area contributed by atoms with Gasteiger partial charge in [-0.15, -0.1) is 0 Å². The zero-order valence-electron chi connectivity index (χ0n) is 7.11. The van der Waals surface area contributed by atoms with Crippen LogP contribution in [0.4, 0.5) is 10.1 Å². The van der Waals surface area contributed by atoms with Gasteiger partial charge in [0.15, 0.2) is 0 Å². The Hall–Kier alpha value is -1.49. The Labute approximate surface area is 84.4 Å². The van der Waals surface area contributed by atoms with Crippen molar-refractivity contribution in [3.8, 4) is 0 Å². The van der Waals surface area contributed by atoms with Crippen LogP contribution in [0.1, 0.15) is 0 Å². The molecule has 0 amide bonds. The number of rotatable bonds is 3. The van der Waals surface area contributed by atoms with E-state index in [9.17, 15) is 9.18 Å². The van der Waals surface area contributed by atoms with E-state index in [0.29, 0.717) is 10.6 Å². The molecule has 14 heavy (non-hydrogen) atoms. The monoisotopic (exact) mass is 213 g/mol. The van der Waals surface area contributed by atoms with E-state index in [4.69, 9.17) is 10.8 Å². The summed E-state index contributed by atoms with van der Waals surface area (Å²) in [6.07, 6.45) is 0.967. The van der Waals surface area contributed by atoms with Gasteiger partial charge in [-0.3, -0.25) is 0 Å². The zero-order chi connectivity index (χ0) is 10.6. The molecule has 1 aromatic rings. The minimum atomic E-state index is -1.05. The number of halogens is 1. The summed E-state index contributed by atoms with van der Waals surface area (Å²) >= 11 is 1.06. The molecule has 0 radical (unpaired) electrons. The van der Waals surface area contributed by atoms with E-state index in [1.54, 1.807) is 0 Å². The summed E-state index contributed by atoms with van der Waals surface area (Å²) in [4.78, 5) is 10.6. The van der Waals surface area contributed by atoms with Gasteiger partial charge >= 0.3 is 5.97 Å². The van der Waals surface area contributed by atoms with Gasteiger partial charge in [-0.05, 0) is 23.6 Å². The number of benzene rings is 1. The third-order valence-electron chi connectivity index (χ3n) is 1.38. The minimum Gasteiger partial charge on any atom is -0.478 e. The van der Waals surface area contributed by atoms with Crippen LogP contribution in [0.15, 0.2) is 34.6 Å². The van der Waals surface area contributed by atoms with Crippen LogP contribution in [-0.4, -0.2) is 11.1 Å². The molecule has 0 unspecified atom stereocenters. The van der Waals surface area contributed by atoms with E-state index in [2.05, 4.69) is 0 Å². The lowest BCUT2D eigenvalue weighted by molar-refractivity contribution is -0.131. The van der Waals surface area contributed by atoms with Gasteiger partial charge in [-0.1, -0.05) is 11.8 Å². The molecule has 0 atom stereocenters. The summed E-state index contributed by atoms with van der Waals surface area (Å²) in [5.74, 6) is -1.45. The summed E-state index contributed by atoms with van der Waals surface area (Å²) < 4.78 is 12.7. The first-order valence-corrected chi connectivity index (χ1v) is 4.58. The Morgan fingerprint density at radius 2 is 2.29 bits per heavy atom. The van der Waals surface area contributed by atoms with Crippen molar-refractivity contribution in [2.24, 2.45) is 0 Å². The number of aliphatic carboxylic acids is 1. The molecule has 0 bridgehead atoms. The molecular weight excluding hydrogens is 205 g/mol. The highest BCUT2D eigenvalue weighted by Gasteiger charge is 1.99. The molecule has 0 aliphatic carbocycles. The standard InChI is InChI=1S/C9H8FNO2S/c10-6-1-2-7(11)8(5-6)14-4-3-9(12)13/h1-5H,11H2,(H,12,13). The molecule has 3 N–H and O–H groups in total. The summed E-state index contributed by atoms with van der Waals surface area (Å²) in [7, 11) is 0. The van der Waals surface area contributed by atoms with Crippen molar-refractivity contribution in [1.29, 1.82) is 0 Å². The number of nitrogen functional groups attached to an aromatic ring is 1. The molecule has 3 nitrogen and oxygen atoms in total. The van der Waals surface area contributed by atoms with Crippen molar-refractivity contribution < 1.29 is 14.3 Å². The van der Waals surface area contributed by atoms with Crippen molar-refractivity contribution in [2.45, 2.75) is 4.90 Å². The quantitative estimate of drug-likeness (QED) is 0.458. The fourth-order valence-corrected chi connectivity index (χ4v) is 1.49. The number of carboxylic acids is 1. The van der Waals surface area contributed by atoms with E-state index in [1.807, 2.05) is 0 Å². The van der Waals surface area contributed by atoms with E-state index in [1.165, 1.54) is 23.6 Å². The number of nitrogens with two attached hydrogens (primary N) is 1. The van der Waals surface area contributed by atoms with E-state index in [0.717, 1.165) is 17.8 Å². The van der Waals surface area contributed by atoms with Gasteiger partial charge in [-0.25, -0.2) is 9.18 Å². The fraction of sp³-hybridized carbons (Fsp3) is 0. The largest absolute Gasteiger partial charge is 0.478 e. The van der Waals surface area contributed by atoms with Crippen LogP contribution in [0.25, 0.3) is 0 Å². The predicted octanol–water partition coefficient (Wildman–Crippen LogP) is 2.10. The highest BCUT2D eigenvalue weighted by molar-refractivity contribution is 8.02. The Balaban J connectivity index is 2.76. The number of carboxylic acid groups (broad SMARTS) is 1. The van der Waals surface area contributed by atoms with Crippen molar-refractivity contribution in [3.05, 3.63) is 35.5 Å². The molecule has 0 aliphatic rings. The zero-order valence-corrected chi connectivity index (χ0v) is 7.92. The van der Waals surface area contributed by atoms with Gasteiger partial charge in [0.1, 0.15) is 5.82 Å². The van der Waals surface area contributed by atoms with Gasteiger partial charge < -0.3 is 10.8 Å². The topological polar surface area (TPSA) is 63.3 Å². The van der Waals surface area contributed by atoms with Crippen LogP contribution in [0, 0.1) is 5.82 Å². The highest BCUT2D eigenvalue weighted by atomic mass is 32.2. The molecule has 5 heteroatoms. The van der Waals surface area contributed by atoms with Gasteiger partial charge in [0.25, 0.3) is 0 Å². The normalized spacial score (nSPS) is 10.6. The van der Waals surface area contributed by atoms with Crippen LogP contribution < -0.4 is 5.73 Å². The molecule has 1 rings (SSSR count). The Bertz CT molecular complexity index is 379. The molecule has 1 aromatic carbocycles. The second-order valence-corrected chi connectivity index (χ2v) is 3.39. The number of hydrogen-bond acceptors (Lipinski definition) is 3. The average molecular weight is 213 g/mol. The number of carbonyl (C=O) groups is 1. The second-order valence-electron chi connectivity index (χ2n) is 2.44. The van der Waals surface area contributed by atoms with E-state index < -0.39 is 11.8 Å². The van der Waals surface area contributed by atoms with Gasteiger partial charge in [0.05, 0.1) is 0 Å². The molecule has 0 saturated heterocycles. The Morgan fingerprint density at radius 3 is 2.93 bits per heavy atom. The smallest absolute Gasteiger partial charge is 0.328 e. The third kappa shape index (κ3) is 3.10. The first-order chi connectivity index (χ1) is 6.59. The van der Waals surface area contributed by atoms with E-state index in [-0.39, 0.29) is 0 Å². The van der Waals surface area contributed by atoms with Crippen LogP contribution in [-0.2, 0) is 4.79 Å². The lowest BCUT2D eigenvalue weighted by atomic mass is 10.3. The average Bonchev–Trinajstić information content (AvgIpc) is 2.10. The molecule has 0 aromatic heterocycles. The van der Waals surface area contributed by atoms with Crippen molar-refractivity contribution in [1.82, 2.24) is 0 Å². The van der Waals surface area contributed by atoms with Crippen molar-refractivity contribution in [3.63, 3.8) is 0 Å². The second kappa shape index (κ2) is 4.66. The van der Waals surface area contributed by atoms with Crippen molar-refractivity contribution in [2.75, 3.05) is 5.73 Å². The molecule has 0 fully saturated rings. The summed E-state index contributed by atoms with van der Waals surface area (Å²) in [6.45, 7) is 0. The maximum Gasteiger partial charge on any atom is 0.328 e. The number of thioether (sulfide) groups is 1. The highest BCUT2D eigenvalue weighted by Crippen LogP contribution is 2.26. The number of hydrogen-bond donors (Lipinski definition) is 2. The third-order valence-corrected chi connectivity index (χ3v) is 2.26. The molecule has 0 aliphatic heterocycles. The number of anilines is 1. The molecule has 0 heterocycles. The maximum atomic E-state index is 12.7. The predicted molar refractivity (Wildman–Crippen MR) is 53.4 cm³/mol. The van der Waals surface area contributed by atoms with Gasteiger partial charge in [0, 0.05) is 16.7 Å². The van der Waals surface area contributed by atoms with Gasteiger partial charge in [0.2, 0.25) is 0 Å². The lowest BCUT2D eigenvalue weighted by Crippen LogP contribution is -1.89. The van der Waals surface area contributed by atoms with Gasteiger partial charge in [-0.2, -0.15) is 0 Å². The maximum absolute atomic E-state index is 12.7. The van der Waals surface area contributed by atoms with Crippen LogP contribution >= 0.6 is 11.8 Å². The summed E-state index contributed by atoms with van der Waals surface area (Å²) in [5.41, 5.74) is 5.96. The first-order valence-electron chi connectivity index (χ1n) is 3.71. The van der Waals surface area contributed by atoms with Crippen molar-refractivity contribution >= 4 is 23.4 Å². The molecular formula is C9H8FNO2S. The molecule has 74 valence electrons. The first kappa shape index (κ1) is 10.6. The lowest BCUT2D eigenvalue weighted by Gasteiger charge is -2.00. The van der Waals surface area contributed by atoms with E-state index >= 15 is 0 Å². The molecule has 0 saturated carbocycles. The summed E-state index contributed by atoms with van der Waals surface area (Å²) in [5, 5.41) is 9.65. The Morgan fingerprint density at radius 1 is 1.57 bits per heavy atom. The Kier molecular flexibility index (Phi) is 3.53. The fourth-order valence-electron chi connectivity index (χ4n) is 0.776. The van der Waals surface area contributed by atoms with Crippen LogP contribution in [0.2, 0.25) is 0 Å². The van der Waals surface area contributed by atoms with Crippen LogP contribution in [0.3, 0.4) is 0 Å². The van der Waals surface area contributed by atoms with Crippen LogP contribution in [0.5, 0.6) is 0 Å².